The molecule has 26 heavy (non-hydrogen) atoms. The number of esters is 1. The van der Waals surface area contributed by atoms with Crippen LogP contribution in [0, 0.1) is 6.92 Å². The molecule has 1 heterocycles. The molecular formula is C18H20ClN3O4. The zero-order valence-electron chi connectivity index (χ0n) is 14.8. The summed E-state index contributed by atoms with van der Waals surface area (Å²) < 4.78 is 11.5. The highest BCUT2D eigenvalue weighted by molar-refractivity contribution is 6.31. The highest BCUT2D eigenvalue weighted by Crippen LogP contribution is 2.19. The van der Waals surface area contributed by atoms with Gasteiger partial charge >= 0.3 is 5.97 Å². The van der Waals surface area contributed by atoms with E-state index >= 15 is 0 Å². The van der Waals surface area contributed by atoms with E-state index in [4.69, 9.17) is 21.1 Å². The van der Waals surface area contributed by atoms with Crippen LogP contribution in [0.1, 0.15) is 16.8 Å². The van der Waals surface area contributed by atoms with E-state index in [1.54, 1.807) is 21.1 Å². The van der Waals surface area contributed by atoms with Crippen LogP contribution in [-0.2, 0) is 27.9 Å². The minimum absolute atomic E-state index is 0.313. The van der Waals surface area contributed by atoms with Gasteiger partial charge in [0.1, 0.15) is 10.9 Å². The molecule has 0 spiro atoms. The number of benzene rings is 1. The van der Waals surface area contributed by atoms with E-state index in [-0.39, 0.29) is 6.61 Å². The van der Waals surface area contributed by atoms with Crippen LogP contribution < -0.4 is 10.1 Å². The summed E-state index contributed by atoms with van der Waals surface area (Å²) >= 11 is 6.07. The van der Waals surface area contributed by atoms with Gasteiger partial charge in [0.05, 0.1) is 12.8 Å². The number of nitrogens with one attached hydrogen (secondary N) is 1. The Hall–Kier alpha value is -2.80. The third-order valence-electron chi connectivity index (χ3n) is 3.55. The van der Waals surface area contributed by atoms with Crippen molar-refractivity contribution in [3.63, 3.8) is 0 Å². The Morgan fingerprint density at radius 1 is 1.38 bits per heavy atom. The minimum Gasteiger partial charge on any atom is -0.497 e. The van der Waals surface area contributed by atoms with Crippen LogP contribution in [0.3, 0.4) is 0 Å². The molecule has 7 nitrogen and oxygen atoms in total. The van der Waals surface area contributed by atoms with Crippen molar-refractivity contribution < 1.29 is 19.1 Å². The van der Waals surface area contributed by atoms with Gasteiger partial charge in [0.2, 0.25) is 0 Å². The number of carbonyl (C=O) groups is 2. The molecule has 0 bridgehead atoms. The molecule has 0 aliphatic carbocycles. The van der Waals surface area contributed by atoms with Crippen LogP contribution in [-0.4, -0.2) is 35.4 Å². The van der Waals surface area contributed by atoms with Gasteiger partial charge in [-0.3, -0.25) is 9.48 Å². The molecule has 1 aromatic heterocycles. The number of halogens is 1. The Morgan fingerprint density at radius 3 is 2.81 bits per heavy atom. The number of ether oxygens (including phenoxy) is 2. The van der Waals surface area contributed by atoms with Crippen molar-refractivity contribution in [1.29, 1.82) is 0 Å². The first-order valence-electron chi connectivity index (χ1n) is 7.84. The molecule has 0 saturated carbocycles. The Labute approximate surface area is 156 Å². The van der Waals surface area contributed by atoms with Gasteiger partial charge in [0.15, 0.2) is 6.61 Å². The van der Waals surface area contributed by atoms with E-state index in [1.165, 1.54) is 16.8 Å². The molecule has 0 unspecified atom stereocenters. The van der Waals surface area contributed by atoms with Crippen LogP contribution >= 0.6 is 11.6 Å². The van der Waals surface area contributed by atoms with E-state index in [9.17, 15) is 9.59 Å². The predicted molar refractivity (Wildman–Crippen MR) is 97.8 cm³/mol. The van der Waals surface area contributed by atoms with E-state index in [0.717, 1.165) is 5.56 Å². The van der Waals surface area contributed by atoms with Gasteiger partial charge in [0, 0.05) is 25.2 Å². The number of nitrogens with zero attached hydrogens (tertiary/aromatic N) is 2. The molecule has 0 aliphatic heterocycles. The molecule has 2 rings (SSSR count). The van der Waals surface area contributed by atoms with Gasteiger partial charge in [-0.25, -0.2) is 4.79 Å². The zero-order valence-corrected chi connectivity index (χ0v) is 15.5. The normalized spacial score (nSPS) is 10.8. The number of carbonyl (C=O) groups excluding carboxylic acids is 2. The summed E-state index contributed by atoms with van der Waals surface area (Å²) in [5.74, 6) is -0.330. The van der Waals surface area contributed by atoms with Gasteiger partial charge in [-0.1, -0.05) is 23.7 Å². The summed E-state index contributed by atoms with van der Waals surface area (Å²) in [7, 11) is 3.28. The lowest BCUT2D eigenvalue weighted by atomic mass is 10.2. The third kappa shape index (κ3) is 5.35. The summed E-state index contributed by atoms with van der Waals surface area (Å²) in [6.07, 6.45) is 2.73. The van der Waals surface area contributed by atoms with Crippen molar-refractivity contribution in [3.8, 4) is 5.75 Å². The van der Waals surface area contributed by atoms with Crippen LogP contribution in [0.15, 0.2) is 30.3 Å². The highest BCUT2D eigenvalue weighted by Gasteiger charge is 2.09. The maximum atomic E-state index is 11.8. The molecule has 0 aliphatic rings. The van der Waals surface area contributed by atoms with Crippen molar-refractivity contribution in [2.75, 3.05) is 13.7 Å². The van der Waals surface area contributed by atoms with Gasteiger partial charge in [-0.05, 0) is 30.7 Å². The predicted octanol–water partition coefficient (Wildman–Crippen LogP) is 2.26. The van der Waals surface area contributed by atoms with E-state index in [2.05, 4.69) is 10.4 Å². The number of methoxy groups -OCH3 is 1. The fourth-order valence-electron chi connectivity index (χ4n) is 2.21. The summed E-state index contributed by atoms with van der Waals surface area (Å²) in [6.45, 7) is 1.73. The van der Waals surface area contributed by atoms with Crippen LogP contribution in [0.2, 0.25) is 5.15 Å². The van der Waals surface area contributed by atoms with Crippen molar-refractivity contribution in [2.45, 2.75) is 13.5 Å². The van der Waals surface area contributed by atoms with Gasteiger partial charge in [0.25, 0.3) is 5.91 Å². The van der Waals surface area contributed by atoms with E-state index < -0.39 is 11.9 Å². The number of hydrogen-bond donors (Lipinski definition) is 1. The molecule has 138 valence electrons. The van der Waals surface area contributed by atoms with E-state index in [0.29, 0.717) is 28.7 Å². The van der Waals surface area contributed by atoms with Crippen LogP contribution in [0.25, 0.3) is 6.08 Å². The molecule has 0 saturated heterocycles. The molecular weight excluding hydrogens is 358 g/mol. The second-order valence-corrected chi connectivity index (χ2v) is 5.84. The molecule has 1 N–H and O–H groups in total. The maximum Gasteiger partial charge on any atom is 0.331 e. The van der Waals surface area contributed by atoms with Gasteiger partial charge < -0.3 is 14.8 Å². The average Bonchev–Trinajstić information content (AvgIpc) is 2.88. The Balaban J connectivity index is 1.79. The number of rotatable bonds is 7. The number of amides is 1. The van der Waals surface area contributed by atoms with Gasteiger partial charge in [-0.2, -0.15) is 5.10 Å². The first-order chi connectivity index (χ1) is 12.4. The molecule has 0 radical (unpaired) electrons. The average molecular weight is 378 g/mol. The SMILES string of the molecule is COc1cccc(CNC(=O)COC(=O)/C=C/c2c(C)nn(C)c2Cl)c1. The van der Waals surface area contributed by atoms with Crippen molar-refractivity contribution in [3.05, 3.63) is 52.3 Å². The fraction of sp³-hybridized carbons (Fsp3) is 0.278. The lowest BCUT2D eigenvalue weighted by Crippen LogP contribution is -2.28. The highest BCUT2D eigenvalue weighted by atomic mass is 35.5. The molecule has 0 fully saturated rings. The lowest BCUT2D eigenvalue weighted by molar-refractivity contribution is -0.143. The quantitative estimate of drug-likeness (QED) is 0.591. The zero-order chi connectivity index (χ0) is 19.1. The molecule has 0 atom stereocenters. The first-order valence-corrected chi connectivity index (χ1v) is 8.22. The van der Waals surface area contributed by atoms with E-state index in [1.807, 2.05) is 24.3 Å². The van der Waals surface area contributed by atoms with Gasteiger partial charge in [-0.15, -0.1) is 0 Å². The largest absolute Gasteiger partial charge is 0.497 e. The summed E-state index contributed by atoms with van der Waals surface area (Å²) in [5, 5.41) is 7.23. The van der Waals surface area contributed by atoms with Crippen molar-refractivity contribution >= 4 is 29.6 Å². The summed E-state index contributed by atoms with van der Waals surface area (Å²) in [4.78, 5) is 23.5. The summed E-state index contributed by atoms with van der Waals surface area (Å²) in [5.41, 5.74) is 2.21. The first kappa shape index (κ1) is 19.5. The molecule has 2 aromatic rings. The standard InChI is InChI=1S/C18H20ClN3O4/c1-12-15(18(19)22(2)21-12)7-8-17(24)26-11-16(23)20-10-13-5-4-6-14(9-13)25-3/h4-9H,10-11H2,1-3H3,(H,20,23)/b8-7+. The minimum atomic E-state index is -0.638. The number of hydrogen-bond acceptors (Lipinski definition) is 5. The van der Waals surface area contributed by atoms with Crippen LogP contribution in [0.4, 0.5) is 0 Å². The fourth-order valence-corrected chi connectivity index (χ4v) is 2.44. The summed E-state index contributed by atoms with van der Waals surface area (Å²) in [6, 6.07) is 7.32. The van der Waals surface area contributed by atoms with Crippen molar-refractivity contribution in [1.82, 2.24) is 15.1 Å². The Bertz CT molecular complexity index is 830. The number of aryl methyl sites for hydroxylation is 2. The number of aromatic nitrogens is 2. The second-order valence-electron chi connectivity index (χ2n) is 5.48. The Kier molecular flexibility index (Phi) is 6.80. The monoisotopic (exact) mass is 377 g/mol. The van der Waals surface area contributed by atoms with Crippen molar-refractivity contribution in [2.24, 2.45) is 7.05 Å². The Morgan fingerprint density at radius 2 is 2.15 bits per heavy atom. The van der Waals surface area contributed by atoms with Crippen LogP contribution in [0.5, 0.6) is 5.75 Å². The molecule has 1 amide bonds. The molecule has 8 heteroatoms. The molecule has 1 aromatic carbocycles. The smallest absolute Gasteiger partial charge is 0.331 e. The topological polar surface area (TPSA) is 82.4 Å². The second kappa shape index (κ2) is 9.05. The lowest BCUT2D eigenvalue weighted by Gasteiger charge is -2.07. The third-order valence-corrected chi connectivity index (χ3v) is 4.00. The maximum absolute atomic E-state index is 11.8.